The highest BCUT2D eigenvalue weighted by Gasteiger charge is 2.01. The average Bonchev–Trinajstić information content (AvgIpc) is 2.04. The highest BCUT2D eigenvalue weighted by molar-refractivity contribution is 6.20. The summed E-state index contributed by atoms with van der Waals surface area (Å²) in [6.07, 6.45) is 2.78. The molecular weight excluding hydrogens is 168 g/mol. The van der Waals surface area contributed by atoms with Gasteiger partial charge in [0.1, 0.15) is 0 Å². The van der Waals surface area contributed by atoms with E-state index < -0.39 is 0 Å². The van der Waals surface area contributed by atoms with Crippen LogP contribution in [-0.2, 0) is 6.42 Å². The standard InChI is InChI=1S/C11H13Cl/c1-3-10-6-4-5-7-11(10)8-9(2)12/h3-7,9H,1,8H2,2H3. The van der Waals surface area contributed by atoms with Crippen LogP contribution in [0.4, 0.5) is 0 Å². The minimum atomic E-state index is 0.186. The second kappa shape index (κ2) is 4.32. The van der Waals surface area contributed by atoms with E-state index in [0.29, 0.717) is 0 Å². The maximum absolute atomic E-state index is 5.91. The van der Waals surface area contributed by atoms with E-state index in [1.165, 1.54) is 11.1 Å². The molecule has 0 aliphatic heterocycles. The fourth-order valence-corrected chi connectivity index (χ4v) is 1.39. The molecule has 0 saturated carbocycles. The van der Waals surface area contributed by atoms with Crippen LogP contribution in [-0.4, -0.2) is 5.38 Å². The number of hydrogen-bond acceptors (Lipinski definition) is 0. The van der Waals surface area contributed by atoms with Gasteiger partial charge in [0, 0.05) is 5.38 Å². The molecule has 0 spiro atoms. The molecule has 1 unspecified atom stereocenters. The first-order valence-electron chi connectivity index (χ1n) is 4.08. The lowest BCUT2D eigenvalue weighted by Crippen LogP contribution is -1.98. The van der Waals surface area contributed by atoms with Crippen LogP contribution in [0.1, 0.15) is 18.1 Å². The molecule has 0 aromatic heterocycles. The van der Waals surface area contributed by atoms with Crippen LogP contribution in [0.2, 0.25) is 0 Å². The highest BCUT2D eigenvalue weighted by atomic mass is 35.5. The summed E-state index contributed by atoms with van der Waals surface area (Å²) in [6, 6.07) is 8.19. The number of halogens is 1. The van der Waals surface area contributed by atoms with Crippen LogP contribution in [0.3, 0.4) is 0 Å². The molecule has 1 rings (SSSR count). The fraction of sp³-hybridized carbons (Fsp3) is 0.273. The predicted molar refractivity (Wildman–Crippen MR) is 55.6 cm³/mol. The summed E-state index contributed by atoms with van der Waals surface area (Å²) in [4.78, 5) is 0. The van der Waals surface area contributed by atoms with Crippen molar-refractivity contribution in [1.29, 1.82) is 0 Å². The van der Waals surface area contributed by atoms with E-state index in [1.54, 1.807) is 0 Å². The Morgan fingerprint density at radius 1 is 1.50 bits per heavy atom. The van der Waals surface area contributed by atoms with Crippen LogP contribution in [0, 0.1) is 0 Å². The maximum Gasteiger partial charge on any atom is 0.0348 e. The lowest BCUT2D eigenvalue weighted by atomic mass is 10.0. The zero-order chi connectivity index (χ0) is 8.97. The Morgan fingerprint density at radius 2 is 2.17 bits per heavy atom. The monoisotopic (exact) mass is 180 g/mol. The summed E-state index contributed by atoms with van der Waals surface area (Å²) in [5, 5.41) is 0.186. The van der Waals surface area contributed by atoms with Gasteiger partial charge in [0.15, 0.2) is 0 Å². The topological polar surface area (TPSA) is 0 Å². The Kier molecular flexibility index (Phi) is 3.36. The summed E-state index contributed by atoms with van der Waals surface area (Å²) in [5.74, 6) is 0. The Balaban J connectivity index is 2.89. The van der Waals surface area contributed by atoms with Gasteiger partial charge >= 0.3 is 0 Å². The predicted octanol–water partition coefficient (Wildman–Crippen LogP) is 3.50. The zero-order valence-corrected chi connectivity index (χ0v) is 8.01. The molecule has 0 nitrogen and oxygen atoms in total. The average molecular weight is 181 g/mol. The van der Waals surface area contributed by atoms with Gasteiger partial charge in [-0.15, -0.1) is 11.6 Å². The van der Waals surface area contributed by atoms with Crippen molar-refractivity contribution in [2.45, 2.75) is 18.7 Å². The zero-order valence-electron chi connectivity index (χ0n) is 7.26. The largest absolute Gasteiger partial charge is 0.123 e. The van der Waals surface area contributed by atoms with Crippen molar-refractivity contribution in [3.63, 3.8) is 0 Å². The quantitative estimate of drug-likeness (QED) is 0.625. The van der Waals surface area contributed by atoms with Crippen molar-refractivity contribution in [2.24, 2.45) is 0 Å². The smallest absolute Gasteiger partial charge is 0.0348 e. The number of alkyl halides is 1. The van der Waals surface area contributed by atoms with E-state index in [1.807, 2.05) is 25.1 Å². The summed E-state index contributed by atoms with van der Waals surface area (Å²) >= 11 is 5.91. The first kappa shape index (κ1) is 9.34. The van der Waals surface area contributed by atoms with Gasteiger partial charge in [-0.1, -0.05) is 36.9 Å². The van der Waals surface area contributed by atoms with E-state index in [2.05, 4.69) is 18.7 Å². The Bertz CT molecular complexity index is 263. The first-order chi connectivity index (χ1) is 5.74. The Morgan fingerprint density at radius 3 is 2.75 bits per heavy atom. The molecule has 0 bridgehead atoms. The van der Waals surface area contributed by atoms with E-state index in [-0.39, 0.29) is 5.38 Å². The van der Waals surface area contributed by atoms with Crippen molar-refractivity contribution in [3.05, 3.63) is 42.0 Å². The number of rotatable bonds is 3. The molecule has 0 aliphatic rings. The molecule has 1 aromatic carbocycles. The van der Waals surface area contributed by atoms with Gasteiger partial charge < -0.3 is 0 Å². The third-order valence-corrected chi connectivity index (χ3v) is 1.93. The van der Waals surface area contributed by atoms with Gasteiger partial charge in [-0.2, -0.15) is 0 Å². The number of benzene rings is 1. The third-order valence-electron chi connectivity index (χ3n) is 1.78. The Hall–Kier alpha value is -0.750. The summed E-state index contributed by atoms with van der Waals surface area (Å²) < 4.78 is 0. The molecule has 12 heavy (non-hydrogen) atoms. The van der Waals surface area contributed by atoms with Gasteiger partial charge in [-0.05, 0) is 24.5 Å². The maximum atomic E-state index is 5.91. The summed E-state index contributed by atoms with van der Waals surface area (Å²) in [6.45, 7) is 5.76. The van der Waals surface area contributed by atoms with Gasteiger partial charge in [-0.3, -0.25) is 0 Å². The summed E-state index contributed by atoms with van der Waals surface area (Å²) in [7, 11) is 0. The molecule has 0 saturated heterocycles. The molecule has 0 N–H and O–H groups in total. The Labute approximate surface area is 78.9 Å². The van der Waals surface area contributed by atoms with E-state index >= 15 is 0 Å². The van der Waals surface area contributed by atoms with Crippen LogP contribution in [0.15, 0.2) is 30.8 Å². The minimum absolute atomic E-state index is 0.186. The van der Waals surface area contributed by atoms with Crippen molar-refractivity contribution in [2.75, 3.05) is 0 Å². The van der Waals surface area contributed by atoms with Crippen LogP contribution in [0.5, 0.6) is 0 Å². The van der Waals surface area contributed by atoms with E-state index in [4.69, 9.17) is 11.6 Å². The lowest BCUT2D eigenvalue weighted by molar-refractivity contribution is 0.929. The molecule has 1 atom stereocenters. The fourth-order valence-electron chi connectivity index (χ4n) is 1.22. The van der Waals surface area contributed by atoms with E-state index in [9.17, 15) is 0 Å². The highest BCUT2D eigenvalue weighted by Crippen LogP contribution is 2.14. The van der Waals surface area contributed by atoms with Crippen molar-refractivity contribution >= 4 is 17.7 Å². The van der Waals surface area contributed by atoms with Gasteiger partial charge in [0.2, 0.25) is 0 Å². The van der Waals surface area contributed by atoms with Crippen molar-refractivity contribution in [1.82, 2.24) is 0 Å². The normalized spacial score (nSPS) is 12.5. The van der Waals surface area contributed by atoms with Crippen molar-refractivity contribution in [3.8, 4) is 0 Å². The van der Waals surface area contributed by atoms with Gasteiger partial charge in [0.25, 0.3) is 0 Å². The van der Waals surface area contributed by atoms with Crippen LogP contribution >= 0.6 is 11.6 Å². The van der Waals surface area contributed by atoms with Crippen LogP contribution in [0.25, 0.3) is 6.08 Å². The molecule has 0 radical (unpaired) electrons. The summed E-state index contributed by atoms with van der Waals surface area (Å²) in [5.41, 5.74) is 2.46. The van der Waals surface area contributed by atoms with E-state index in [0.717, 1.165) is 6.42 Å². The number of hydrogen-bond donors (Lipinski definition) is 0. The molecule has 64 valence electrons. The first-order valence-corrected chi connectivity index (χ1v) is 4.52. The molecule has 0 fully saturated rings. The molecule has 0 heterocycles. The minimum Gasteiger partial charge on any atom is -0.123 e. The molecule has 1 heteroatoms. The molecular formula is C11H13Cl. The van der Waals surface area contributed by atoms with Gasteiger partial charge in [-0.25, -0.2) is 0 Å². The third kappa shape index (κ3) is 2.38. The molecule has 0 aliphatic carbocycles. The second-order valence-electron chi connectivity index (χ2n) is 2.89. The lowest BCUT2D eigenvalue weighted by Gasteiger charge is -2.06. The SMILES string of the molecule is C=Cc1ccccc1CC(C)Cl. The second-order valence-corrected chi connectivity index (χ2v) is 3.63. The van der Waals surface area contributed by atoms with Crippen molar-refractivity contribution < 1.29 is 0 Å². The molecule has 1 aromatic rings. The molecule has 0 amide bonds. The van der Waals surface area contributed by atoms with Gasteiger partial charge in [0.05, 0.1) is 0 Å². The van der Waals surface area contributed by atoms with Crippen LogP contribution < -0.4 is 0 Å².